The van der Waals surface area contributed by atoms with Gasteiger partial charge in [-0.2, -0.15) is 0 Å². The first-order chi connectivity index (χ1) is 17.7. The van der Waals surface area contributed by atoms with E-state index in [4.69, 9.17) is 9.47 Å². The summed E-state index contributed by atoms with van der Waals surface area (Å²) >= 11 is 0. The van der Waals surface area contributed by atoms with Crippen molar-refractivity contribution in [1.82, 2.24) is 0 Å². The first kappa shape index (κ1) is 28.2. The Labute approximate surface area is 220 Å². The number of carboxylic acid groups (broad SMARTS) is 1. The van der Waals surface area contributed by atoms with E-state index in [9.17, 15) is 14.3 Å². The summed E-state index contributed by atoms with van der Waals surface area (Å²) in [6.45, 7) is 9.04. The molecule has 1 N–H and O–H groups in total. The normalized spacial score (nSPS) is 12.3. The Morgan fingerprint density at radius 3 is 2.46 bits per heavy atom. The molecule has 0 saturated carbocycles. The zero-order valence-corrected chi connectivity index (χ0v) is 22.6. The minimum atomic E-state index is -0.802. The standard InChI is InChI=1S/C32H39FO4/c1-6-15-32(3,4)20-25-16-22(11-13-28(25)29-19-26(36-5)12-14-30(29)33)21-37-27-10-8-9-24(17-27)23(7-2)18-31(34)35/h8-14,16-17,19,23H,6-7,15,18,20-21H2,1-5H3,(H,34,35). The zero-order valence-electron chi connectivity index (χ0n) is 22.6. The van der Waals surface area contributed by atoms with Crippen molar-refractivity contribution in [3.8, 4) is 22.6 Å². The summed E-state index contributed by atoms with van der Waals surface area (Å²) in [6, 6.07) is 18.6. The number of aliphatic carboxylic acids is 1. The van der Waals surface area contributed by atoms with Crippen molar-refractivity contribution in [3.05, 3.63) is 83.2 Å². The summed E-state index contributed by atoms with van der Waals surface area (Å²) in [5.41, 5.74) is 4.50. The number of rotatable bonds is 13. The number of hydrogen-bond donors (Lipinski definition) is 1. The van der Waals surface area contributed by atoms with Crippen LogP contribution in [0.1, 0.15) is 76.0 Å². The number of carbonyl (C=O) groups is 1. The highest BCUT2D eigenvalue weighted by molar-refractivity contribution is 5.70. The molecule has 0 radical (unpaired) electrons. The van der Waals surface area contributed by atoms with E-state index in [0.717, 1.165) is 47.9 Å². The molecule has 0 bridgehead atoms. The molecule has 3 aromatic carbocycles. The highest BCUT2D eigenvalue weighted by Crippen LogP contribution is 2.36. The largest absolute Gasteiger partial charge is 0.497 e. The van der Waals surface area contributed by atoms with Crippen LogP contribution in [-0.4, -0.2) is 18.2 Å². The van der Waals surface area contributed by atoms with Crippen LogP contribution in [0.4, 0.5) is 4.39 Å². The van der Waals surface area contributed by atoms with Gasteiger partial charge in [-0.05, 0) is 83.2 Å². The molecular formula is C32H39FO4. The molecule has 0 fully saturated rings. The van der Waals surface area contributed by atoms with Crippen LogP contribution >= 0.6 is 0 Å². The fourth-order valence-corrected chi connectivity index (χ4v) is 5.00. The highest BCUT2D eigenvalue weighted by Gasteiger charge is 2.21. The van der Waals surface area contributed by atoms with Gasteiger partial charge in [0.05, 0.1) is 13.5 Å². The van der Waals surface area contributed by atoms with Crippen molar-refractivity contribution < 1.29 is 23.8 Å². The Bertz CT molecular complexity index is 1200. The van der Waals surface area contributed by atoms with Crippen LogP contribution in [0.5, 0.6) is 11.5 Å². The van der Waals surface area contributed by atoms with E-state index in [2.05, 4.69) is 26.8 Å². The minimum absolute atomic E-state index is 0.0505. The molecule has 198 valence electrons. The molecule has 0 saturated heterocycles. The lowest BCUT2D eigenvalue weighted by Crippen LogP contribution is -2.15. The van der Waals surface area contributed by atoms with Gasteiger partial charge in [-0.25, -0.2) is 4.39 Å². The predicted molar refractivity (Wildman–Crippen MR) is 147 cm³/mol. The van der Waals surface area contributed by atoms with Gasteiger partial charge in [-0.3, -0.25) is 4.79 Å². The molecule has 0 heterocycles. The van der Waals surface area contributed by atoms with Crippen molar-refractivity contribution in [1.29, 1.82) is 0 Å². The molecule has 37 heavy (non-hydrogen) atoms. The van der Waals surface area contributed by atoms with Crippen LogP contribution in [0, 0.1) is 11.2 Å². The lowest BCUT2D eigenvalue weighted by atomic mass is 9.79. The third-order valence-corrected chi connectivity index (χ3v) is 6.88. The Morgan fingerprint density at radius 1 is 1.00 bits per heavy atom. The van der Waals surface area contributed by atoms with Crippen LogP contribution in [0.25, 0.3) is 11.1 Å². The van der Waals surface area contributed by atoms with Crippen LogP contribution < -0.4 is 9.47 Å². The van der Waals surface area contributed by atoms with Crippen LogP contribution in [0.2, 0.25) is 0 Å². The molecule has 3 aromatic rings. The zero-order chi connectivity index (χ0) is 27.0. The van der Waals surface area contributed by atoms with Crippen LogP contribution in [0.3, 0.4) is 0 Å². The lowest BCUT2D eigenvalue weighted by Gasteiger charge is -2.26. The maximum absolute atomic E-state index is 14.9. The monoisotopic (exact) mass is 506 g/mol. The van der Waals surface area contributed by atoms with E-state index in [1.165, 1.54) is 6.07 Å². The van der Waals surface area contributed by atoms with Crippen molar-refractivity contribution >= 4 is 5.97 Å². The number of carboxylic acids is 1. The van der Waals surface area contributed by atoms with E-state index >= 15 is 0 Å². The third kappa shape index (κ3) is 7.82. The van der Waals surface area contributed by atoms with Gasteiger partial charge in [-0.15, -0.1) is 0 Å². The second-order valence-corrected chi connectivity index (χ2v) is 10.5. The van der Waals surface area contributed by atoms with Crippen LogP contribution in [-0.2, 0) is 17.8 Å². The minimum Gasteiger partial charge on any atom is -0.497 e. The van der Waals surface area contributed by atoms with Gasteiger partial charge in [0.25, 0.3) is 0 Å². The van der Waals surface area contributed by atoms with E-state index in [0.29, 0.717) is 23.7 Å². The first-order valence-corrected chi connectivity index (χ1v) is 13.1. The van der Waals surface area contributed by atoms with Gasteiger partial charge < -0.3 is 14.6 Å². The SMILES string of the molecule is CCCC(C)(C)Cc1cc(COc2cccc(C(CC)CC(=O)O)c2)ccc1-c1cc(OC)ccc1F. The number of ether oxygens (including phenoxy) is 2. The molecule has 0 aliphatic carbocycles. The van der Waals surface area contributed by atoms with Crippen molar-refractivity contribution in [3.63, 3.8) is 0 Å². The van der Waals surface area contributed by atoms with Gasteiger partial charge in [0.15, 0.2) is 0 Å². The van der Waals surface area contributed by atoms with E-state index in [1.807, 2.05) is 43.3 Å². The molecule has 5 heteroatoms. The lowest BCUT2D eigenvalue weighted by molar-refractivity contribution is -0.137. The molecule has 1 atom stereocenters. The Balaban J connectivity index is 1.90. The van der Waals surface area contributed by atoms with Gasteiger partial charge >= 0.3 is 5.97 Å². The summed E-state index contributed by atoms with van der Waals surface area (Å²) in [4.78, 5) is 11.2. The Hall–Kier alpha value is -3.34. The predicted octanol–water partition coefficient (Wildman–Crippen LogP) is 8.42. The molecule has 0 spiro atoms. The molecule has 0 aliphatic rings. The third-order valence-electron chi connectivity index (χ3n) is 6.88. The smallest absolute Gasteiger partial charge is 0.303 e. The summed E-state index contributed by atoms with van der Waals surface area (Å²) < 4.78 is 26.4. The maximum atomic E-state index is 14.9. The topological polar surface area (TPSA) is 55.8 Å². The quantitative estimate of drug-likeness (QED) is 0.253. The van der Waals surface area contributed by atoms with E-state index < -0.39 is 5.97 Å². The number of benzene rings is 3. The average molecular weight is 507 g/mol. The number of halogens is 1. The molecule has 3 rings (SSSR count). The Morgan fingerprint density at radius 2 is 1.78 bits per heavy atom. The molecule has 0 aromatic heterocycles. The summed E-state index contributed by atoms with van der Waals surface area (Å²) in [5, 5.41) is 9.23. The molecule has 4 nitrogen and oxygen atoms in total. The van der Waals surface area contributed by atoms with Gasteiger partial charge in [0, 0.05) is 5.56 Å². The number of methoxy groups -OCH3 is 1. The van der Waals surface area contributed by atoms with E-state index in [-0.39, 0.29) is 23.6 Å². The summed E-state index contributed by atoms with van der Waals surface area (Å²) in [6.07, 6.45) is 3.79. The van der Waals surface area contributed by atoms with Gasteiger partial charge in [0.1, 0.15) is 23.9 Å². The highest BCUT2D eigenvalue weighted by atomic mass is 19.1. The molecular weight excluding hydrogens is 467 g/mol. The summed E-state index contributed by atoms with van der Waals surface area (Å²) in [7, 11) is 1.59. The van der Waals surface area contributed by atoms with Crippen molar-refractivity contribution in [2.24, 2.45) is 5.41 Å². The molecule has 0 amide bonds. The second-order valence-electron chi connectivity index (χ2n) is 10.5. The van der Waals surface area contributed by atoms with Crippen LogP contribution in [0.15, 0.2) is 60.7 Å². The number of hydrogen-bond acceptors (Lipinski definition) is 3. The summed E-state index contributed by atoms with van der Waals surface area (Å²) in [5.74, 6) is 0.200. The van der Waals surface area contributed by atoms with Crippen molar-refractivity contribution in [2.75, 3.05) is 7.11 Å². The van der Waals surface area contributed by atoms with Gasteiger partial charge in [0.2, 0.25) is 0 Å². The van der Waals surface area contributed by atoms with Gasteiger partial charge in [-0.1, -0.05) is 64.4 Å². The average Bonchev–Trinajstić information content (AvgIpc) is 2.86. The Kier molecular flexibility index (Phi) is 9.73. The molecule has 0 aliphatic heterocycles. The second kappa shape index (κ2) is 12.8. The van der Waals surface area contributed by atoms with Crippen molar-refractivity contribution in [2.45, 2.75) is 72.3 Å². The fourth-order valence-electron chi connectivity index (χ4n) is 5.00. The maximum Gasteiger partial charge on any atom is 0.303 e. The molecule has 1 unspecified atom stereocenters. The van der Waals surface area contributed by atoms with E-state index in [1.54, 1.807) is 19.2 Å². The fraction of sp³-hybridized carbons (Fsp3) is 0.406. The first-order valence-electron chi connectivity index (χ1n) is 13.1.